The number of rotatable bonds is 6. The van der Waals surface area contributed by atoms with Crippen molar-refractivity contribution in [1.82, 2.24) is 15.3 Å². The summed E-state index contributed by atoms with van der Waals surface area (Å²) >= 11 is 0. The molecule has 0 aliphatic carbocycles. The van der Waals surface area contributed by atoms with Crippen LogP contribution in [-0.2, 0) is 5.41 Å². The number of aliphatic hydroxyl groups excluding tert-OH is 1. The predicted octanol–water partition coefficient (Wildman–Crippen LogP) is 1.88. The van der Waals surface area contributed by atoms with Crippen molar-refractivity contribution in [3.8, 4) is 5.75 Å². The van der Waals surface area contributed by atoms with Crippen LogP contribution >= 0.6 is 0 Å². The normalized spacial score (nSPS) is 12.7. The van der Waals surface area contributed by atoms with Crippen LogP contribution < -0.4 is 10.1 Å². The highest BCUT2D eigenvalue weighted by Crippen LogP contribution is 2.22. The molecule has 0 radical (unpaired) electrons. The minimum absolute atomic E-state index is 0.0993. The first kappa shape index (κ1) is 17.0. The molecule has 2 rings (SSSR count). The van der Waals surface area contributed by atoms with Crippen molar-refractivity contribution in [2.24, 2.45) is 0 Å². The third-order valence-electron chi connectivity index (χ3n) is 3.29. The summed E-state index contributed by atoms with van der Waals surface area (Å²) in [6.45, 7) is 6.21. The number of imidazole rings is 1. The number of para-hydroxylation sites is 1. The fraction of sp³-hybridized carbons (Fsp3) is 0.412. The summed E-state index contributed by atoms with van der Waals surface area (Å²) in [5.74, 6) is 0.370. The second kappa shape index (κ2) is 7.28. The molecule has 0 spiro atoms. The molecule has 0 bridgehead atoms. The lowest BCUT2D eigenvalue weighted by molar-refractivity contribution is 0.0838. The molecule has 0 aliphatic rings. The smallest absolute Gasteiger partial charge is 0.271 e. The topological polar surface area (TPSA) is 87.2 Å². The van der Waals surface area contributed by atoms with E-state index in [9.17, 15) is 9.90 Å². The van der Waals surface area contributed by atoms with Gasteiger partial charge in [-0.25, -0.2) is 4.98 Å². The quantitative estimate of drug-likeness (QED) is 0.759. The average Bonchev–Trinajstić information content (AvgIpc) is 3.01. The maximum absolute atomic E-state index is 12.2. The number of aromatic amines is 1. The van der Waals surface area contributed by atoms with E-state index < -0.39 is 6.10 Å². The number of aliphatic hydroxyl groups is 1. The monoisotopic (exact) mass is 317 g/mol. The number of hydrogen-bond acceptors (Lipinski definition) is 4. The Balaban J connectivity index is 1.83. The number of carbonyl (C=O) groups is 1. The third-order valence-corrected chi connectivity index (χ3v) is 3.29. The van der Waals surface area contributed by atoms with Gasteiger partial charge >= 0.3 is 0 Å². The van der Waals surface area contributed by atoms with E-state index in [-0.39, 0.29) is 24.5 Å². The summed E-state index contributed by atoms with van der Waals surface area (Å²) in [4.78, 5) is 19.3. The first-order chi connectivity index (χ1) is 10.9. The molecule has 1 aromatic heterocycles. The average molecular weight is 317 g/mol. The number of H-pyrrole nitrogens is 1. The summed E-state index contributed by atoms with van der Waals surface area (Å²) in [6, 6.07) is 9.22. The zero-order valence-corrected chi connectivity index (χ0v) is 13.7. The van der Waals surface area contributed by atoms with E-state index in [4.69, 9.17) is 4.74 Å². The van der Waals surface area contributed by atoms with Crippen LogP contribution in [0, 0.1) is 0 Å². The lowest BCUT2D eigenvalue weighted by Gasteiger charge is -2.18. The van der Waals surface area contributed by atoms with Gasteiger partial charge in [-0.2, -0.15) is 0 Å². The van der Waals surface area contributed by atoms with Crippen LogP contribution in [0.25, 0.3) is 0 Å². The SMILES string of the molecule is CC(C)(C)c1[nH]cnc1C(=O)NCC(O)COc1ccccc1. The molecule has 0 saturated carbocycles. The van der Waals surface area contributed by atoms with Crippen molar-refractivity contribution in [3.05, 3.63) is 48.0 Å². The molecule has 1 heterocycles. The number of aromatic nitrogens is 2. The molecule has 0 aliphatic heterocycles. The molecule has 0 saturated heterocycles. The van der Waals surface area contributed by atoms with Crippen LogP contribution in [-0.4, -0.2) is 40.2 Å². The number of amides is 1. The van der Waals surface area contributed by atoms with Crippen molar-refractivity contribution in [2.45, 2.75) is 32.3 Å². The highest BCUT2D eigenvalue weighted by atomic mass is 16.5. The minimum Gasteiger partial charge on any atom is -0.491 e. The van der Waals surface area contributed by atoms with Crippen LogP contribution in [0.3, 0.4) is 0 Å². The zero-order chi connectivity index (χ0) is 16.9. The fourth-order valence-electron chi connectivity index (χ4n) is 2.10. The summed E-state index contributed by atoms with van der Waals surface area (Å²) in [6.07, 6.45) is 0.709. The molecule has 1 atom stereocenters. The van der Waals surface area contributed by atoms with Crippen molar-refractivity contribution in [1.29, 1.82) is 0 Å². The molecule has 23 heavy (non-hydrogen) atoms. The first-order valence-electron chi connectivity index (χ1n) is 7.56. The maximum Gasteiger partial charge on any atom is 0.271 e. The molecule has 6 heteroatoms. The lowest BCUT2D eigenvalue weighted by Crippen LogP contribution is -2.36. The Kier molecular flexibility index (Phi) is 5.39. The Morgan fingerprint density at radius 1 is 1.35 bits per heavy atom. The zero-order valence-electron chi connectivity index (χ0n) is 13.7. The van der Waals surface area contributed by atoms with Gasteiger partial charge in [0.1, 0.15) is 24.2 Å². The summed E-state index contributed by atoms with van der Waals surface area (Å²) in [7, 11) is 0. The molecule has 1 amide bonds. The van der Waals surface area contributed by atoms with Gasteiger partial charge in [0.25, 0.3) is 5.91 Å². The number of hydrogen-bond donors (Lipinski definition) is 3. The van der Waals surface area contributed by atoms with Gasteiger partial charge in [0, 0.05) is 12.0 Å². The first-order valence-corrected chi connectivity index (χ1v) is 7.56. The fourth-order valence-corrected chi connectivity index (χ4v) is 2.10. The lowest BCUT2D eigenvalue weighted by atomic mass is 9.90. The second-order valence-electron chi connectivity index (χ2n) is 6.36. The van der Waals surface area contributed by atoms with Gasteiger partial charge < -0.3 is 20.1 Å². The van der Waals surface area contributed by atoms with Crippen molar-refractivity contribution in [3.63, 3.8) is 0 Å². The Labute approximate surface area is 135 Å². The van der Waals surface area contributed by atoms with Gasteiger partial charge in [-0.15, -0.1) is 0 Å². The standard InChI is InChI=1S/C17H23N3O3/c1-17(2,3)15-14(19-11-20-15)16(22)18-9-12(21)10-23-13-7-5-4-6-8-13/h4-8,11-12,21H,9-10H2,1-3H3,(H,18,22)(H,19,20). The van der Waals surface area contributed by atoms with E-state index in [0.29, 0.717) is 11.4 Å². The van der Waals surface area contributed by atoms with Crippen molar-refractivity contribution >= 4 is 5.91 Å². The van der Waals surface area contributed by atoms with E-state index in [1.54, 1.807) is 0 Å². The molecule has 1 aromatic carbocycles. The molecular formula is C17H23N3O3. The number of carbonyl (C=O) groups excluding carboxylic acids is 1. The Bertz CT molecular complexity index is 632. The molecule has 0 fully saturated rings. The molecule has 6 nitrogen and oxygen atoms in total. The van der Waals surface area contributed by atoms with Crippen LogP contribution in [0.2, 0.25) is 0 Å². The molecule has 1 unspecified atom stereocenters. The van der Waals surface area contributed by atoms with Gasteiger partial charge in [0.2, 0.25) is 0 Å². The van der Waals surface area contributed by atoms with E-state index in [1.165, 1.54) is 6.33 Å². The van der Waals surface area contributed by atoms with E-state index in [1.807, 2.05) is 51.1 Å². The molecule has 124 valence electrons. The van der Waals surface area contributed by atoms with Crippen LogP contribution in [0.15, 0.2) is 36.7 Å². The second-order valence-corrected chi connectivity index (χ2v) is 6.36. The summed E-state index contributed by atoms with van der Waals surface area (Å²) < 4.78 is 5.45. The number of nitrogens with zero attached hydrogens (tertiary/aromatic N) is 1. The van der Waals surface area contributed by atoms with Gasteiger partial charge in [-0.05, 0) is 12.1 Å². The molecule has 2 aromatic rings. The number of benzene rings is 1. The van der Waals surface area contributed by atoms with Crippen LogP contribution in [0.5, 0.6) is 5.75 Å². The Morgan fingerprint density at radius 3 is 2.70 bits per heavy atom. The van der Waals surface area contributed by atoms with E-state index in [0.717, 1.165) is 5.69 Å². The van der Waals surface area contributed by atoms with Crippen molar-refractivity contribution < 1.29 is 14.6 Å². The largest absolute Gasteiger partial charge is 0.491 e. The summed E-state index contributed by atoms with van der Waals surface area (Å²) in [5, 5.41) is 12.6. The number of ether oxygens (including phenoxy) is 1. The molecular weight excluding hydrogens is 294 g/mol. The van der Waals surface area contributed by atoms with Crippen LogP contribution in [0.4, 0.5) is 0 Å². The minimum atomic E-state index is -0.795. The van der Waals surface area contributed by atoms with Gasteiger partial charge in [-0.3, -0.25) is 4.79 Å². The predicted molar refractivity (Wildman–Crippen MR) is 87.6 cm³/mol. The molecule has 3 N–H and O–H groups in total. The maximum atomic E-state index is 12.2. The Morgan fingerprint density at radius 2 is 2.04 bits per heavy atom. The summed E-state index contributed by atoms with van der Waals surface area (Å²) in [5.41, 5.74) is 0.914. The highest BCUT2D eigenvalue weighted by Gasteiger charge is 2.24. The van der Waals surface area contributed by atoms with Crippen LogP contribution in [0.1, 0.15) is 37.0 Å². The highest BCUT2D eigenvalue weighted by molar-refractivity contribution is 5.93. The van der Waals surface area contributed by atoms with Crippen molar-refractivity contribution in [2.75, 3.05) is 13.2 Å². The number of nitrogens with one attached hydrogen (secondary N) is 2. The van der Waals surface area contributed by atoms with Gasteiger partial charge in [0.15, 0.2) is 0 Å². The van der Waals surface area contributed by atoms with E-state index >= 15 is 0 Å². The van der Waals surface area contributed by atoms with E-state index in [2.05, 4.69) is 15.3 Å². The Hall–Kier alpha value is -2.34. The third kappa shape index (κ3) is 4.82. The van der Waals surface area contributed by atoms with Gasteiger partial charge in [0.05, 0.1) is 12.0 Å². The van der Waals surface area contributed by atoms with Gasteiger partial charge in [-0.1, -0.05) is 39.0 Å².